The zero-order valence-corrected chi connectivity index (χ0v) is 17.4. The molecule has 0 fully saturated rings. The number of hydrogen-bond donors (Lipinski definition) is 2. The van der Waals surface area contributed by atoms with Crippen molar-refractivity contribution >= 4 is 13.5 Å². The Kier molecular flexibility index (Phi) is 6.56. The van der Waals surface area contributed by atoms with Gasteiger partial charge in [0, 0.05) is 12.3 Å². The van der Waals surface area contributed by atoms with Crippen molar-refractivity contribution in [1.29, 1.82) is 0 Å². The van der Waals surface area contributed by atoms with E-state index in [0.717, 1.165) is 10.6 Å². The fourth-order valence-corrected chi connectivity index (χ4v) is 4.41. The lowest BCUT2D eigenvalue weighted by atomic mass is 10.1. The second-order valence-electron chi connectivity index (χ2n) is 6.11. The summed E-state index contributed by atoms with van der Waals surface area (Å²) in [5.74, 6) is -0.127. The molecule has 0 radical (unpaired) electrons. The Balaban J connectivity index is 1.86. The second kappa shape index (κ2) is 8.96. The Bertz CT molecular complexity index is 1080. The maximum atomic E-state index is 12.7. The monoisotopic (exact) mass is 443 g/mol. The fourth-order valence-electron chi connectivity index (χ4n) is 2.89. The average Bonchev–Trinajstić information content (AvgIpc) is 3.25. The Morgan fingerprint density at radius 3 is 2.60 bits per heavy atom. The molecule has 2 aromatic heterocycles. The highest BCUT2D eigenvalue weighted by Crippen LogP contribution is 2.49. The summed E-state index contributed by atoms with van der Waals surface area (Å²) in [6.45, 7) is 3.78. The number of nitrogens with zero attached hydrogens (tertiary/aromatic N) is 4. The Labute approximate surface area is 170 Å². The minimum absolute atomic E-state index is 0.0296. The van der Waals surface area contributed by atoms with E-state index in [1.165, 1.54) is 24.2 Å². The zero-order chi connectivity index (χ0) is 21.9. The molecule has 2 N–H and O–H groups in total. The predicted molar refractivity (Wildman–Crippen MR) is 102 cm³/mol. The molecule has 30 heavy (non-hydrogen) atoms. The normalized spacial score (nSPS) is 19.2. The van der Waals surface area contributed by atoms with Gasteiger partial charge in [-0.2, -0.15) is 0 Å². The molecule has 164 valence electrons. The third-order valence-electron chi connectivity index (χ3n) is 4.08. The molecule has 3 heterocycles. The van der Waals surface area contributed by atoms with Crippen LogP contribution in [-0.4, -0.2) is 56.1 Å². The number of hydrogen-bond acceptors (Lipinski definition) is 10. The number of rotatable bonds is 9. The van der Waals surface area contributed by atoms with Gasteiger partial charge in [-0.3, -0.25) is 14.3 Å². The number of aliphatic hydroxyl groups is 1. The van der Waals surface area contributed by atoms with Crippen molar-refractivity contribution in [2.75, 3.05) is 20.3 Å². The van der Waals surface area contributed by atoms with Crippen molar-refractivity contribution < 1.29 is 28.2 Å². The highest BCUT2D eigenvalue weighted by atomic mass is 31.2. The van der Waals surface area contributed by atoms with Gasteiger partial charge in [0.25, 0.3) is 5.56 Å². The van der Waals surface area contributed by atoms with Crippen LogP contribution in [0.1, 0.15) is 25.6 Å². The maximum absolute atomic E-state index is 12.7. The smallest absolute Gasteiger partial charge is 0.351 e. The van der Waals surface area contributed by atoms with Crippen molar-refractivity contribution in [3.63, 3.8) is 0 Å². The predicted octanol–water partition coefficient (Wildman–Crippen LogP) is 0.257. The minimum atomic E-state index is -3.42. The quantitative estimate of drug-likeness (QED) is 0.515. The first-order valence-electron chi connectivity index (χ1n) is 9.05. The molecule has 0 saturated heterocycles. The maximum Gasteiger partial charge on any atom is 0.351 e. The Hall–Kier alpha value is -2.73. The van der Waals surface area contributed by atoms with Crippen LogP contribution in [0.5, 0.6) is 0 Å². The molecule has 0 amide bonds. The summed E-state index contributed by atoms with van der Waals surface area (Å²) < 4.78 is 36.3. The van der Waals surface area contributed by atoms with E-state index < -0.39 is 31.1 Å². The van der Waals surface area contributed by atoms with Gasteiger partial charge in [-0.25, -0.2) is 14.0 Å². The van der Waals surface area contributed by atoms with E-state index in [4.69, 9.17) is 18.5 Å². The third kappa shape index (κ3) is 4.38. The first kappa shape index (κ1) is 22.0. The summed E-state index contributed by atoms with van der Waals surface area (Å²) in [5, 5.41) is 18.5. The van der Waals surface area contributed by atoms with Crippen molar-refractivity contribution in [1.82, 2.24) is 24.5 Å². The van der Waals surface area contributed by atoms with E-state index in [0.29, 0.717) is 0 Å². The number of methoxy groups -OCH3 is 1. The van der Waals surface area contributed by atoms with E-state index in [1.54, 1.807) is 13.8 Å². The van der Waals surface area contributed by atoms with Gasteiger partial charge in [-0.15, -0.1) is 5.10 Å². The number of H-pyrrole nitrogens is 1. The van der Waals surface area contributed by atoms with Crippen molar-refractivity contribution in [2.24, 2.45) is 0 Å². The van der Waals surface area contributed by atoms with Crippen LogP contribution in [0.15, 0.2) is 33.8 Å². The molecular formula is C16H22N5O8P. The van der Waals surface area contributed by atoms with Crippen LogP contribution in [-0.2, 0) is 29.4 Å². The molecule has 3 rings (SSSR count). The van der Waals surface area contributed by atoms with Gasteiger partial charge in [0.05, 0.1) is 26.5 Å². The number of aromatic nitrogens is 5. The minimum Gasteiger partial charge on any atom is -0.493 e. The van der Waals surface area contributed by atoms with Crippen molar-refractivity contribution in [3.05, 3.63) is 50.8 Å². The van der Waals surface area contributed by atoms with Crippen LogP contribution in [0, 0.1) is 0 Å². The lowest BCUT2D eigenvalue weighted by molar-refractivity contribution is 0.0419. The number of ether oxygens (including phenoxy) is 2. The molecular weight excluding hydrogens is 421 g/mol. The molecule has 1 aliphatic rings. The standard InChI is InChI=1S/C16H22N5O8P/c1-4-27-30(25,28-5-2)9-20-8-10(18-19-20)13-12(23)14(26-3)15(29-13)21-7-6-11(22)17-16(21)24/h6-8,12-13,23H,4-5,9H2,1-3H3,(H,17,22,24)/t12?,13-/m1/s1. The molecule has 0 aliphatic carbocycles. The molecule has 1 aliphatic heterocycles. The van der Waals surface area contributed by atoms with Crippen LogP contribution < -0.4 is 11.2 Å². The summed E-state index contributed by atoms with van der Waals surface area (Å²) in [5.41, 5.74) is -1.15. The summed E-state index contributed by atoms with van der Waals surface area (Å²) in [6, 6.07) is 1.13. The molecule has 0 bridgehead atoms. The average molecular weight is 443 g/mol. The number of nitrogens with one attached hydrogen (secondary N) is 1. The van der Waals surface area contributed by atoms with E-state index in [9.17, 15) is 19.3 Å². The second-order valence-corrected chi connectivity index (χ2v) is 8.13. The summed E-state index contributed by atoms with van der Waals surface area (Å²) >= 11 is 0. The molecule has 2 atom stereocenters. The van der Waals surface area contributed by atoms with Crippen LogP contribution in [0.4, 0.5) is 0 Å². The highest BCUT2D eigenvalue weighted by molar-refractivity contribution is 7.52. The summed E-state index contributed by atoms with van der Waals surface area (Å²) in [4.78, 5) is 25.5. The topological polar surface area (TPSA) is 160 Å². The number of aromatic amines is 1. The molecule has 2 aromatic rings. The zero-order valence-electron chi connectivity index (χ0n) is 16.5. The van der Waals surface area contributed by atoms with Crippen LogP contribution >= 0.6 is 7.60 Å². The molecule has 14 heteroatoms. The number of aliphatic hydroxyl groups excluding tert-OH is 1. The van der Waals surface area contributed by atoms with Gasteiger partial charge in [0.15, 0.2) is 18.0 Å². The van der Waals surface area contributed by atoms with Crippen LogP contribution in [0.3, 0.4) is 0 Å². The lowest BCUT2D eigenvalue weighted by Gasteiger charge is -2.16. The van der Waals surface area contributed by atoms with Crippen molar-refractivity contribution in [3.8, 4) is 0 Å². The molecule has 0 aromatic carbocycles. The SMILES string of the molecule is CCOP(=O)(Cn1cc([C@H]2OC(n3ccc(=O)[nH]c3=O)=C(OC)C2O)nn1)OCC. The third-order valence-corrected chi connectivity index (χ3v) is 6.02. The molecule has 1 unspecified atom stereocenters. The van der Waals surface area contributed by atoms with Gasteiger partial charge in [0.1, 0.15) is 12.0 Å². The van der Waals surface area contributed by atoms with Gasteiger partial charge < -0.3 is 23.6 Å². The molecule has 13 nitrogen and oxygen atoms in total. The van der Waals surface area contributed by atoms with Gasteiger partial charge in [0.2, 0.25) is 5.88 Å². The van der Waals surface area contributed by atoms with Crippen molar-refractivity contribution in [2.45, 2.75) is 32.3 Å². The summed E-state index contributed by atoms with van der Waals surface area (Å²) in [7, 11) is -2.12. The lowest BCUT2D eigenvalue weighted by Crippen LogP contribution is -2.28. The van der Waals surface area contributed by atoms with E-state index in [1.807, 2.05) is 0 Å². The van der Waals surface area contributed by atoms with E-state index in [2.05, 4.69) is 15.3 Å². The largest absolute Gasteiger partial charge is 0.493 e. The fraction of sp³-hybridized carbons (Fsp3) is 0.500. The highest BCUT2D eigenvalue weighted by Gasteiger charge is 2.41. The Morgan fingerprint density at radius 2 is 2.00 bits per heavy atom. The summed E-state index contributed by atoms with van der Waals surface area (Å²) in [6.07, 6.45) is 0.0776. The van der Waals surface area contributed by atoms with Gasteiger partial charge >= 0.3 is 13.3 Å². The first-order valence-corrected chi connectivity index (χ1v) is 10.8. The van der Waals surface area contributed by atoms with Crippen LogP contribution in [0.2, 0.25) is 0 Å². The van der Waals surface area contributed by atoms with Crippen LogP contribution in [0.25, 0.3) is 5.88 Å². The van der Waals surface area contributed by atoms with Gasteiger partial charge in [-0.05, 0) is 13.8 Å². The van der Waals surface area contributed by atoms with E-state index in [-0.39, 0.29) is 36.8 Å². The molecule has 0 saturated carbocycles. The first-order chi connectivity index (χ1) is 14.3. The van der Waals surface area contributed by atoms with Gasteiger partial charge in [-0.1, -0.05) is 5.21 Å². The molecule has 0 spiro atoms. The van der Waals surface area contributed by atoms with E-state index >= 15 is 0 Å². The Morgan fingerprint density at radius 1 is 1.30 bits per heavy atom.